The molecule has 354 valence electrons. The van der Waals surface area contributed by atoms with Gasteiger partial charge in [-0.25, -0.2) is 0 Å². The van der Waals surface area contributed by atoms with Gasteiger partial charge in [-0.1, -0.05) is 48.9 Å². The van der Waals surface area contributed by atoms with Gasteiger partial charge in [0.25, 0.3) is 0 Å². The zero-order valence-electron chi connectivity index (χ0n) is 38.7. The van der Waals surface area contributed by atoms with Gasteiger partial charge in [0, 0.05) is 12.8 Å². The van der Waals surface area contributed by atoms with Crippen LogP contribution < -0.4 is 40.2 Å². The Kier molecular flexibility index (Phi) is 18.7. The second-order valence-electron chi connectivity index (χ2n) is 16.7. The molecule has 3 N–H and O–H groups in total. The summed E-state index contributed by atoms with van der Waals surface area (Å²) < 4.78 is 42.8. The van der Waals surface area contributed by atoms with Gasteiger partial charge in [0.15, 0.2) is 0 Å². The molecular weight excluding hydrogens is 955 g/mol. The van der Waals surface area contributed by atoms with Gasteiger partial charge < -0.3 is 29.2 Å². The number of esters is 2. The number of hydrogen-bond acceptors (Lipinski definition) is 12. The summed E-state index contributed by atoms with van der Waals surface area (Å²) in [6.45, 7) is 12.1. The molecule has 5 aromatic carbocycles. The van der Waals surface area contributed by atoms with E-state index < -0.39 is 24.1 Å². The molecular formula is C53H62IO12-. The van der Waals surface area contributed by atoms with Gasteiger partial charge >= 0.3 is 157 Å². The van der Waals surface area contributed by atoms with Gasteiger partial charge in [-0.15, -0.1) is 0 Å². The first kappa shape index (κ1) is 50.2. The van der Waals surface area contributed by atoms with Crippen molar-refractivity contribution in [2.24, 2.45) is 0 Å². The van der Waals surface area contributed by atoms with Gasteiger partial charge in [-0.05, 0) is 78.6 Å². The van der Waals surface area contributed by atoms with Crippen molar-refractivity contribution in [2.45, 2.75) is 85.5 Å². The molecule has 5 aromatic rings. The Balaban J connectivity index is 1.11. The number of aliphatic hydroxyl groups excluding tert-OH is 3. The number of carbonyl (C=O) groups is 2. The summed E-state index contributed by atoms with van der Waals surface area (Å²) >= 11 is -0.319. The molecule has 66 heavy (non-hydrogen) atoms. The quantitative estimate of drug-likeness (QED) is 0.0440. The molecule has 1 fully saturated rings. The number of carbonyl (C=O) groups excluding carboxylic acids is 2. The Labute approximate surface area is 398 Å². The van der Waals surface area contributed by atoms with Crippen LogP contribution in [0.5, 0.6) is 23.0 Å². The maximum atomic E-state index is 12.6. The molecule has 12 nitrogen and oxygen atoms in total. The van der Waals surface area contributed by atoms with E-state index in [1.807, 2.05) is 64.1 Å². The molecule has 1 saturated heterocycles. The molecule has 6 rings (SSSR count). The summed E-state index contributed by atoms with van der Waals surface area (Å²) in [7, 11) is 0. The van der Waals surface area contributed by atoms with E-state index in [1.54, 1.807) is 0 Å². The zero-order chi connectivity index (χ0) is 47.2. The second-order valence-corrected chi connectivity index (χ2v) is 19.8. The Morgan fingerprint density at radius 1 is 0.636 bits per heavy atom. The van der Waals surface area contributed by atoms with Gasteiger partial charge in [0.2, 0.25) is 0 Å². The number of aryl methyl sites for hydroxylation is 6. The minimum absolute atomic E-state index is 0.0994. The predicted octanol–water partition coefficient (Wildman–Crippen LogP) is 3.91. The Bertz CT molecular complexity index is 2390. The standard InChI is InChI=1S/C53H62IO12/c1-7-40-22-38(20-36(5)51(40)66-31-48-30-60-48)24-42-25-39(21-37(6)53(42)65-28-45(56)26-62-49(58)16-17-55)23-41-19-34(3)18-35(4)52(41)64-29-46(57)27-63-50(59)32-61-47-14-12-44(13-15-47)54-43-10-8-33(2)9-11-43/h8-15,18-22,25,45-46,48,55-57H,7,16-17,23-24,26-32H2,1-6H3/q-1. The minimum atomic E-state index is -1.08. The molecule has 0 aliphatic carbocycles. The van der Waals surface area contributed by atoms with E-state index in [0.29, 0.717) is 36.7 Å². The van der Waals surface area contributed by atoms with E-state index in [9.17, 15) is 19.8 Å². The van der Waals surface area contributed by atoms with Crippen LogP contribution in [0.2, 0.25) is 0 Å². The van der Waals surface area contributed by atoms with Crippen LogP contribution in [0.1, 0.15) is 69.0 Å². The number of aliphatic hydroxyl groups is 3. The molecule has 0 saturated carbocycles. The molecule has 0 bridgehead atoms. The third-order valence-electron chi connectivity index (χ3n) is 10.7. The zero-order valence-corrected chi connectivity index (χ0v) is 40.9. The first-order chi connectivity index (χ1) is 31.8. The van der Waals surface area contributed by atoms with Crippen LogP contribution in [0.4, 0.5) is 0 Å². The predicted molar refractivity (Wildman–Crippen MR) is 246 cm³/mol. The number of halogens is 1. The Hall–Kier alpha value is -5.19. The first-order valence-electron chi connectivity index (χ1n) is 22.3. The van der Waals surface area contributed by atoms with Gasteiger partial charge in [-0.2, -0.15) is 0 Å². The van der Waals surface area contributed by atoms with Crippen molar-refractivity contribution in [3.05, 3.63) is 148 Å². The topological polar surface area (TPSA) is 163 Å². The van der Waals surface area contributed by atoms with Gasteiger partial charge in [0.05, 0.1) is 19.6 Å². The van der Waals surface area contributed by atoms with Crippen molar-refractivity contribution in [3.63, 3.8) is 0 Å². The fourth-order valence-electron chi connectivity index (χ4n) is 7.52. The van der Waals surface area contributed by atoms with Crippen LogP contribution >= 0.6 is 0 Å². The van der Waals surface area contributed by atoms with Gasteiger partial charge in [0.1, 0.15) is 49.3 Å². The molecule has 0 amide bonds. The third-order valence-corrected chi connectivity index (χ3v) is 13.4. The molecule has 1 aliphatic rings. The van der Waals surface area contributed by atoms with Crippen molar-refractivity contribution in [1.82, 2.24) is 0 Å². The SMILES string of the molecule is CCc1cc(Cc2cc(Cc3cc(C)cc(C)c3OCC(O)COC(=O)COc3ccc([I-]c4ccc(C)cc4)cc3)cc(C)c2OCC(O)COC(=O)CCO)cc(C)c1OCC1CO1. The van der Waals surface area contributed by atoms with Crippen LogP contribution in [-0.2, 0) is 43.1 Å². The molecule has 3 atom stereocenters. The first-order valence-corrected chi connectivity index (χ1v) is 24.5. The molecule has 0 aromatic heterocycles. The number of hydrogen-bond donors (Lipinski definition) is 3. The number of rotatable bonds is 25. The summed E-state index contributed by atoms with van der Waals surface area (Å²) in [6.07, 6.45) is -0.360. The summed E-state index contributed by atoms with van der Waals surface area (Å²) in [5.74, 6) is 1.50. The van der Waals surface area contributed by atoms with E-state index in [0.717, 1.165) is 68.8 Å². The average molecular weight is 1020 g/mol. The Morgan fingerprint density at radius 2 is 1.15 bits per heavy atom. The average Bonchev–Trinajstić information content (AvgIpc) is 4.12. The van der Waals surface area contributed by atoms with Gasteiger partial charge in [-0.3, -0.25) is 4.79 Å². The summed E-state index contributed by atoms with van der Waals surface area (Å²) in [4.78, 5) is 24.4. The monoisotopic (exact) mass is 1020 g/mol. The number of benzene rings is 5. The number of ether oxygens (including phenoxy) is 7. The minimum Gasteiger partial charge on any atom is -0.490 e. The maximum Gasteiger partial charge on any atom is 0.308 e. The normalized spacial score (nSPS) is 14.0. The summed E-state index contributed by atoms with van der Waals surface area (Å²) in [5, 5.41) is 30.6. The second kappa shape index (κ2) is 24.5. The van der Waals surface area contributed by atoms with Crippen molar-refractivity contribution in [1.29, 1.82) is 0 Å². The molecule has 0 spiro atoms. The van der Waals surface area contributed by atoms with Crippen molar-refractivity contribution >= 4 is 11.9 Å². The van der Waals surface area contributed by atoms with Crippen LogP contribution in [0.3, 0.4) is 0 Å². The molecule has 0 radical (unpaired) electrons. The van der Waals surface area contributed by atoms with Crippen LogP contribution in [-0.4, -0.2) is 98.4 Å². The fourth-order valence-corrected chi connectivity index (χ4v) is 9.68. The van der Waals surface area contributed by atoms with E-state index in [1.165, 1.54) is 12.7 Å². The van der Waals surface area contributed by atoms with Crippen LogP contribution in [0.25, 0.3) is 0 Å². The van der Waals surface area contributed by atoms with Crippen LogP contribution in [0.15, 0.2) is 84.9 Å². The molecule has 3 unspecified atom stereocenters. The smallest absolute Gasteiger partial charge is 0.308 e. The maximum absolute atomic E-state index is 12.6. The third kappa shape index (κ3) is 15.4. The largest absolute Gasteiger partial charge is 0.490 e. The fraction of sp³-hybridized carbons (Fsp3) is 0.396. The van der Waals surface area contributed by atoms with E-state index >= 15 is 0 Å². The summed E-state index contributed by atoms with van der Waals surface area (Å²) in [6, 6.07) is 28.8. The van der Waals surface area contributed by atoms with E-state index in [2.05, 4.69) is 62.4 Å². The van der Waals surface area contributed by atoms with Crippen molar-refractivity contribution in [2.75, 3.05) is 52.9 Å². The Morgan fingerprint density at radius 3 is 1.71 bits per heavy atom. The van der Waals surface area contributed by atoms with Crippen LogP contribution in [0, 0.1) is 41.8 Å². The van der Waals surface area contributed by atoms with Crippen molar-refractivity contribution in [3.8, 4) is 23.0 Å². The van der Waals surface area contributed by atoms with E-state index in [4.69, 9.17) is 38.3 Å². The van der Waals surface area contributed by atoms with Crippen molar-refractivity contribution < 1.29 is 79.3 Å². The number of epoxide rings is 1. The molecule has 1 aliphatic heterocycles. The molecule has 1 heterocycles. The molecule has 13 heteroatoms. The summed E-state index contributed by atoms with van der Waals surface area (Å²) in [5.41, 5.74) is 10.1. The van der Waals surface area contributed by atoms with E-state index in [-0.39, 0.29) is 73.4 Å².